The monoisotopic (exact) mass is 365 g/mol. The van der Waals surface area contributed by atoms with Crippen molar-refractivity contribution in [3.05, 3.63) is 40.6 Å². The summed E-state index contributed by atoms with van der Waals surface area (Å²) in [4.78, 5) is 21.2. The molecule has 0 spiro atoms. The maximum absolute atomic E-state index is 13.1. The smallest absolute Gasteiger partial charge is 0.230 e. The molecule has 0 saturated heterocycles. The molecular weight excluding hydrogens is 334 g/mol. The summed E-state index contributed by atoms with van der Waals surface area (Å²) < 4.78 is 0. The molecule has 0 bridgehead atoms. The lowest BCUT2D eigenvalue weighted by Gasteiger charge is -2.42. The molecule has 1 amide bonds. The van der Waals surface area contributed by atoms with E-state index in [1.807, 2.05) is 4.90 Å². The number of hydrogen-bond acceptors (Lipinski definition) is 2. The Labute approximate surface area is 162 Å². The maximum atomic E-state index is 13.1. The number of hydrogen-bond donors (Lipinski definition) is 1. The van der Waals surface area contributed by atoms with Crippen LogP contribution in [0, 0.1) is 19.8 Å². The van der Waals surface area contributed by atoms with Gasteiger partial charge in [0.2, 0.25) is 5.91 Å². The van der Waals surface area contributed by atoms with Gasteiger partial charge in [-0.15, -0.1) is 0 Å². The van der Waals surface area contributed by atoms with E-state index < -0.39 is 0 Å². The van der Waals surface area contributed by atoms with Crippen molar-refractivity contribution in [2.24, 2.45) is 5.92 Å². The Bertz CT molecular complexity index is 919. The number of aryl methyl sites for hydroxylation is 2. The number of nitrogens with one attached hydrogen (secondary N) is 1. The van der Waals surface area contributed by atoms with E-state index in [0.29, 0.717) is 6.04 Å². The van der Waals surface area contributed by atoms with Gasteiger partial charge < -0.3 is 9.88 Å². The number of carbonyl (C=O) groups excluding carboxylic acids is 1. The van der Waals surface area contributed by atoms with Gasteiger partial charge in [-0.05, 0) is 62.9 Å². The zero-order valence-corrected chi connectivity index (χ0v) is 17.2. The lowest BCUT2D eigenvalue weighted by molar-refractivity contribution is -0.134. The zero-order valence-electron chi connectivity index (χ0n) is 17.2. The molecule has 27 heavy (non-hydrogen) atoms. The van der Waals surface area contributed by atoms with Crippen molar-refractivity contribution in [1.29, 1.82) is 0 Å². The van der Waals surface area contributed by atoms with Crippen LogP contribution in [0.5, 0.6) is 0 Å². The molecular formula is C23H31N3O. The van der Waals surface area contributed by atoms with E-state index in [9.17, 15) is 4.79 Å². The summed E-state index contributed by atoms with van der Waals surface area (Å²) >= 11 is 0. The van der Waals surface area contributed by atoms with Gasteiger partial charge in [-0.3, -0.25) is 9.69 Å². The molecule has 4 heteroatoms. The second-order valence-corrected chi connectivity index (χ2v) is 7.96. The van der Waals surface area contributed by atoms with Crippen molar-refractivity contribution in [2.75, 3.05) is 26.2 Å². The summed E-state index contributed by atoms with van der Waals surface area (Å²) in [6.07, 6.45) is 3.32. The molecule has 144 valence electrons. The van der Waals surface area contributed by atoms with Crippen LogP contribution in [0.25, 0.3) is 16.5 Å². The van der Waals surface area contributed by atoms with Crippen LogP contribution in [0.15, 0.2) is 18.2 Å². The highest BCUT2D eigenvalue weighted by Gasteiger charge is 2.38. The lowest BCUT2D eigenvalue weighted by atomic mass is 9.78. The number of aromatic nitrogens is 1. The van der Waals surface area contributed by atoms with Crippen molar-refractivity contribution < 1.29 is 4.79 Å². The summed E-state index contributed by atoms with van der Waals surface area (Å²) in [6.45, 7) is 14.1. The molecule has 2 heterocycles. The number of H-pyrrole nitrogens is 1. The van der Waals surface area contributed by atoms with Gasteiger partial charge in [0, 0.05) is 42.3 Å². The summed E-state index contributed by atoms with van der Waals surface area (Å²) in [7, 11) is 0. The van der Waals surface area contributed by atoms with Crippen molar-refractivity contribution in [2.45, 2.75) is 47.1 Å². The Kier molecular flexibility index (Phi) is 4.63. The van der Waals surface area contributed by atoms with Crippen molar-refractivity contribution >= 4 is 22.4 Å². The second-order valence-electron chi connectivity index (χ2n) is 7.96. The van der Waals surface area contributed by atoms with Gasteiger partial charge >= 0.3 is 0 Å². The van der Waals surface area contributed by atoms with E-state index in [1.54, 1.807) is 0 Å². The Morgan fingerprint density at radius 2 is 1.96 bits per heavy atom. The van der Waals surface area contributed by atoms with E-state index in [0.717, 1.165) is 32.6 Å². The van der Waals surface area contributed by atoms with Gasteiger partial charge in [-0.1, -0.05) is 25.1 Å². The Balaban J connectivity index is 1.86. The standard InChI is InChI=1S/C23H31N3O/c1-6-25(7-2)23(27)16-11-19-17-10-9-14(4)22-21(17)18(15(5)24-22)12-20(19)26(8-3)13-16/h9-11,16,20,24H,6-8,12-13H2,1-5H3/t16-,20-/m1/s1. The maximum Gasteiger partial charge on any atom is 0.230 e. The number of nitrogens with zero attached hydrogens (tertiary/aromatic N) is 2. The number of benzene rings is 1. The fraction of sp³-hybridized carbons (Fsp3) is 0.522. The van der Waals surface area contributed by atoms with E-state index in [1.165, 1.54) is 38.9 Å². The molecule has 0 saturated carbocycles. The normalized spacial score (nSPS) is 21.9. The number of rotatable bonds is 4. The van der Waals surface area contributed by atoms with Crippen LogP contribution in [0.3, 0.4) is 0 Å². The SMILES string of the molecule is CCN(CC)C(=O)[C@@H]1C=C2c3ccc(C)c4[nH]c(C)c(c34)C[C@H]2N(CC)C1. The third-order valence-electron chi connectivity index (χ3n) is 6.60. The summed E-state index contributed by atoms with van der Waals surface area (Å²) in [5.41, 5.74) is 7.97. The van der Waals surface area contributed by atoms with Crippen LogP contribution in [-0.2, 0) is 11.2 Å². The van der Waals surface area contributed by atoms with Gasteiger partial charge in [-0.25, -0.2) is 0 Å². The Morgan fingerprint density at radius 3 is 2.63 bits per heavy atom. The topological polar surface area (TPSA) is 39.3 Å². The quantitative estimate of drug-likeness (QED) is 0.892. The van der Waals surface area contributed by atoms with Crippen LogP contribution in [0.1, 0.15) is 43.2 Å². The first kappa shape index (κ1) is 18.3. The highest BCUT2D eigenvalue weighted by Crippen LogP contribution is 2.43. The molecule has 1 aliphatic heterocycles. The predicted molar refractivity (Wildman–Crippen MR) is 112 cm³/mol. The highest BCUT2D eigenvalue weighted by atomic mass is 16.2. The first-order valence-electron chi connectivity index (χ1n) is 10.4. The minimum Gasteiger partial charge on any atom is -0.358 e. The lowest BCUT2D eigenvalue weighted by Crippen LogP contribution is -2.49. The van der Waals surface area contributed by atoms with E-state index in [-0.39, 0.29) is 11.8 Å². The number of carbonyl (C=O) groups is 1. The highest BCUT2D eigenvalue weighted by molar-refractivity contribution is 6.01. The van der Waals surface area contributed by atoms with Gasteiger partial charge in [0.25, 0.3) is 0 Å². The Morgan fingerprint density at radius 1 is 1.22 bits per heavy atom. The third kappa shape index (κ3) is 2.73. The molecule has 2 aromatic rings. The van der Waals surface area contributed by atoms with E-state index in [4.69, 9.17) is 0 Å². The number of likely N-dealkylation sites (N-methyl/N-ethyl adjacent to an activating group) is 1. The van der Waals surface area contributed by atoms with Crippen molar-refractivity contribution in [3.63, 3.8) is 0 Å². The molecule has 4 rings (SSSR count). The molecule has 4 nitrogen and oxygen atoms in total. The summed E-state index contributed by atoms with van der Waals surface area (Å²) in [5.74, 6) is 0.220. The largest absolute Gasteiger partial charge is 0.358 e. The van der Waals surface area contributed by atoms with E-state index >= 15 is 0 Å². The fourth-order valence-corrected chi connectivity index (χ4v) is 5.05. The van der Waals surface area contributed by atoms with Gasteiger partial charge in [0.05, 0.1) is 5.92 Å². The summed E-state index contributed by atoms with van der Waals surface area (Å²) in [6, 6.07) is 4.86. The van der Waals surface area contributed by atoms with Gasteiger partial charge in [0.1, 0.15) is 0 Å². The first-order chi connectivity index (χ1) is 13.0. The molecule has 2 atom stereocenters. The third-order valence-corrected chi connectivity index (χ3v) is 6.60. The number of amides is 1. The van der Waals surface area contributed by atoms with Crippen molar-refractivity contribution in [3.8, 4) is 0 Å². The molecule has 1 aromatic heterocycles. The molecule has 0 unspecified atom stereocenters. The van der Waals surface area contributed by atoms with Gasteiger partial charge in [0.15, 0.2) is 0 Å². The average molecular weight is 366 g/mol. The van der Waals surface area contributed by atoms with Crippen LogP contribution in [-0.4, -0.2) is 52.9 Å². The molecule has 2 aliphatic rings. The molecule has 0 radical (unpaired) electrons. The van der Waals surface area contributed by atoms with Gasteiger partial charge in [-0.2, -0.15) is 0 Å². The first-order valence-corrected chi connectivity index (χ1v) is 10.4. The number of fused-ring (bicyclic) bond motifs is 2. The molecule has 1 N–H and O–H groups in total. The Hall–Kier alpha value is -2.07. The molecule has 0 fully saturated rings. The molecule has 1 aromatic carbocycles. The van der Waals surface area contributed by atoms with Crippen LogP contribution < -0.4 is 0 Å². The van der Waals surface area contributed by atoms with Crippen LogP contribution in [0.2, 0.25) is 0 Å². The zero-order chi connectivity index (χ0) is 19.3. The minimum absolute atomic E-state index is 0.0472. The van der Waals surface area contributed by atoms with Crippen LogP contribution in [0.4, 0.5) is 0 Å². The fourth-order valence-electron chi connectivity index (χ4n) is 5.05. The predicted octanol–water partition coefficient (Wildman–Crippen LogP) is 3.91. The minimum atomic E-state index is -0.0472. The second kappa shape index (κ2) is 6.83. The van der Waals surface area contributed by atoms with Crippen molar-refractivity contribution in [1.82, 2.24) is 14.8 Å². The van der Waals surface area contributed by atoms with Crippen LogP contribution >= 0.6 is 0 Å². The number of aromatic amines is 1. The average Bonchev–Trinajstić information content (AvgIpc) is 3.02. The summed E-state index contributed by atoms with van der Waals surface area (Å²) in [5, 5.41) is 1.38. The molecule has 1 aliphatic carbocycles. The van der Waals surface area contributed by atoms with E-state index in [2.05, 4.69) is 62.7 Å².